The first-order valence-corrected chi connectivity index (χ1v) is 10.7. The van der Waals surface area contributed by atoms with Gasteiger partial charge >= 0.3 is 0 Å². The predicted octanol–water partition coefficient (Wildman–Crippen LogP) is 2.23. The highest BCUT2D eigenvalue weighted by Crippen LogP contribution is 2.29. The van der Waals surface area contributed by atoms with Crippen molar-refractivity contribution >= 4 is 16.9 Å². The molecule has 1 fully saturated rings. The number of hydrogen-bond acceptors (Lipinski definition) is 8. The zero-order valence-corrected chi connectivity index (χ0v) is 18.2. The molecule has 2 unspecified atom stereocenters. The van der Waals surface area contributed by atoms with Gasteiger partial charge in [0.2, 0.25) is 0 Å². The highest BCUT2D eigenvalue weighted by Gasteiger charge is 2.21. The average molecular weight is 427 g/mol. The van der Waals surface area contributed by atoms with Crippen LogP contribution in [-0.2, 0) is 4.74 Å². The van der Waals surface area contributed by atoms with Crippen molar-refractivity contribution < 1.29 is 14.6 Å². The van der Waals surface area contributed by atoms with Gasteiger partial charge in [0.25, 0.3) is 0 Å². The smallest absolute Gasteiger partial charge is 0.164 e. The van der Waals surface area contributed by atoms with Crippen LogP contribution in [0.5, 0.6) is 5.75 Å². The van der Waals surface area contributed by atoms with E-state index in [0.29, 0.717) is 24.7 Å². The van der Waals surface area contributed by atoms with E-state index in [9.17, 15) is 5.11 Å². The van der Waals surface area contributed by atoms with Crippen molar-refractivity contribution in [1.82, 2.24) is 25.1 Å². The molecule has 0 spiro atoms. The van der Waals surface area contributed by atoms with E-state index in [1.807, 2.05) is 35.1 Å². The van der Waals surface area contributed by atoms with Gasteiger partial charge in [0.05, 0.1) is 24.2 Å². The van der Waals surface area contributed by atoms with Crippen molar-refractivity contribution in [3.05, 3.63) is 30.5 Å². The molecule has 3 N–H and O–H groups in total. The maximum Gasteiger partial charge on any atom is 0.164 e. The lowest BCUT2D eigenvalue weighted by Crippen LogP contribution is -2.29. The van der Waals surface area contributed by atoms with Gasteiger partial charge in [-0.1, -0.05) is 12.1 Å². The third-order valence-electron chi connectivity index (χ3n) is 5.19. The number of nitrogens with one attached hydrogen (secondary N) is 2. The molecule has 1 aliphatic heterocycles. The molecule has 9 nitrogen and oxygen atoms in total. The second-order valence-electron chi connectivity index (χ2n) is 8.07. The van der Waals surface area contributed by atoms with Crippen LogP contribution in [0.15, 0.2) is 30.5 Å². The van der Waals surface area contributed by atoms with Crippen molar-refractivity contribution in [2.75, 3.05) is 38.7 Å². The summed E-state index contributed by atoms with van der Waals surface area (Å²) in [6, 6.07) is 8.01. The van der Waals surface area contributed by atoms with Crippen molar-refractivity contribution in [3.8, 4) is 17.1 Å². The fraction of sp³-hybridized carbons (Fsp3) is 0.500. The quantitative estimate of drug-likeness (QED) is 0.478. The Morgan fingerprint density at radius 3 is 2.94 bits per heavy atom. The third kappa shape index (κ3) is 4.95. The monoisotopic (exact) mass is 426 g/mol. The minimum Gasteiger partial charge on any atom is -0.491 e. The van der Waals surface area contributed by atoms with E-state index in [2.05, 4.69) is 29.6 Å². The van der Waals surface area contributed by atoms with Crippen LogP contribution in [0.4, 0.5) is 5.82 Å². The Morgan fingerprint density at radius 1 is 1.32 bits per heavy atom. The molecule has 2 aromatic heterocycles. The lowest BCUT2D eigenvalue weighted by molar-refractivity contribution is 0.108. The van der Waals surface area contributed by atoms with Crippen molar-refractivity contribution in [2.45, 2.75) is 38.5 Å². The summed E-state index contributed by atoms with van der Waals surface area (Å²) in [7, 11) is 1.79. The average Bonchev–Trinajstić information content (AvgIpc) is 3.42. The van der Waals surface area contributed by atoms with E-state index < -0.39 is 6.10 Å². The van der Waals surface area contributed by atoms with Gasteiger partial charge in [0.1, 0.15) is 24.3 Å². The number of aliphatic hydroxyl groups excluding tert-OH is 1. The van der Waals surface area contributed by atoms with Crippen LogP contribution < -0.4 is 15.4 Å². The van der Waals surface area contributed by atoms with Gasteiger partial charge < -0.3 is 25.2 Å². The number of anilines is 1. The molecule has 3 aromatic rings. The van der Waals surface area contributed by atoms with Crippen LogP contribution in [0.3, 0.4) is 0 Å². The molecular formula is C22H30N6O3. The number of hydrogen-bond donors (Lipinski definition) is 3. The summed E-state index contributed by atoms with van der Waals surface area (Å²) in [6.45, 7) is 6.26. The summed E-state index contributed by atoms with van der Waals surface area (Å²) in [6.07, 6.45) is 2.18. The molecule has 31 heavy (non-hydrogen) atoms. The summed E-state index contributed by atoms with van der Waals surface area (Å²) in [5.41, 5.74) is 1.63. The zero-order chi connectivity index (χ0) is 21.8. The van der Waals surface area contributed by atoms with Gasteiger partial charge in [0.15, 0.2) is 11.5 Å². The number of rotatable bonds is 9. The number of ether oxygens (including phenoxy) is 2. The van der Waals surface area contributed by atoms with Crippen LogP contribution in [0.1, 0.15) is 26.3 Å². The van der Waals surface area contributed by atoms with E-state index >= 15 is 0 Å². The molecule has 1 aliphatic rings. The molecule has 0 radical (unpaired) electrons. The van der Waals surface area contributed by atoms with Crippen LogP contribution in [0.2, 0.25) is 0 Å². The van der Waals surface area contributed by atoms with Crippen LogP contribution >= 0.6 is 0 Å². The van der Waals surface area contributed by atoms with Crippen LogP contribution in [-0.4, -0.2) is 70.4 Å². The molecule has 0 aliphatic carbocycles. The summed E-state index contributed by atoms with van der Waals surface area (Å²) in [4.78, 5) is 9.66. The second kappa shape index (κ2) is 9.59. The Morgan fingerprint density at radius 2 is 2.19 bits per heavy atom. The minimum absolute atomic E-state index is 0.172. The van der Waals surface area contributed by atoms with E-state index in [4.69, 9.17) is 19.4 Å². The Balaban J connectivity index is 1.68. The Bertz CT molecular complexity index is 1020. The zero-order valence-electron chi connectivity index (χ0n) is 18.2. The van der Waals surface area contributed by atoms with Crippen LogP contribution in [0.25, 0.3) is 22.4 Å². The van der Waals surface area contributed by atoms with Gasteiger partial charge in [-0.15, -0.1) is 0 Å². The molecule has 4 rings (SSSR count). The fourth-order valence-electron chi connectivity index (χ4n) is 3.60. The topological polar surface area (TPSA) is 106 Å². The number of likely N-dealkylation sites (N-methyl/N-ethyl adjacent to an activating group) is 1. The largest absolute Gasteiger partial charge is 0.491 e. The normalized spacial score (nSPS) is 17.4. The van der Waals surface area contributed by atoms with Gasteiger partial charge in [-0.25, -0.2) is 14.6 Å². The highest BCUT2D eigenvalue weighted by atomic mass is 16.5. The van der Waals surface area contributed by atoms with E-state index in [1.54, 1.807) is 7.05 Å². The molecule has 0 saturated carbocycles. The molecule has 9 heteroatoms. The molecule has 0 bridgehead atoms. The van der Waals surface area contributed by atoms with Crippen molar-refractivity contribution in [1.29, 1.82) is 0 Å². The minimum atomic E-state index is -0.578. The Labute approximate surface area is 181 Å². The van der Waals surface area contributed by atoms with Gasteiger partial charge in [0, 0.05) is 24.8 Å². The lowest BCUT2D eigenvalue weighted by Gasteiger charge is -2.15. The number of aromatic nitrogens is 4. The molecule has 0 amide bonds. The molecule has 1 aromatic carbocycles. The van der Waals surface area contributed by atoms with Gasteiger partial charge in [-0.3, -0.25) is 0 Å². The molecule has 2 atom stereocenters. The summed E-state index contributed by atoms with van der Waals surface area (Å²) in [5, 5.41) is 21.8. The van der Waals surface area contributed by atoms with Crippen LogP contribution in [0, 0.1) is 0 Å². The lowest BCUT2D eigenvalue weighted by atomic mass is 10.2. The van der Waals surface area contributed by atoms with E-state index in [-0.39, 0.29) is 18.7 Å². The first-order valence-electron chi connectivity index (χ1n) is 10.7. The standard InChI is InChI=1S/C22H30N6O3/c1-14(2)28-22-19(11-24-28)21(25-16-7-8-30-12-16)26-20(27-22)15-5-4-6-18(9-15)31-13-17(29)10-23-3/h4-6,9,11,14,16-17,23,29H,7-8,10,12-13H2,1-3H3,(H,25,26,27). The number of aliphatic hydroxyl groups is 1. The molecule has 1 saturated heterocycles. The molecule has 166 valence electrons. The van der Waals surface area contributed by atoms with Crippen molar-refractivity contribution in [3.63, 3.8) is 0 Å². The summed E-state index contributed by atoms with van der Waals surface area (Å²) >= 11 is 0. The molecule has 3 heterocycles. The Hall–Kier alpha value is -2.75. The third-order valence-corrected chi connectivity index (χ3v) is 5.19. The summed E-state index contributed by atoms with van der Waals surface area (Å²) < 4.78 is 13.2. The number of fused-ring (bicyclic) bond motifs is 1. The predicted molar refractivity (Wildman–Crippen MR) is 119 cm³/mol. The first-order chi connectivity index (χ1) is 15.0. The maximum absolute atomic E-state index is 9.91. The van der Waals surface area contributed by atoms with Gasteiger partial charge in [-0.2, -0.15) is 5.10 Å². The van der Waals surface area contributed by atoms with E-state index in [1.165, 1.54) is 0 Å². The highest BCUT2D eigenvalue weighted by molar-refractivity contribution is 5.88. The summed E-state index contributed by atoms with van der Waals surface area (Å²) in [5.74, 6) is 2.02. The van der Waals surface area contributed by atoms with Gasteiger partial charge in [-0.05, 0) is 39.4 Å². The van der Waals surface area contributed by atoms with E-state index in [0.717, 1.165) is 35.4 Å². The SMILES string of the molecule is CNCC(O)COc1cccc(-c2nc(NC3CCOC3)c3cnn(C(C)C)c3n2)c1. The molecular weight excluding hydrogens is 396 g/mol. The van der Waals surface area contributed by atoms with Crippen molar-refractivity contribution in [2.24, 2.45) is 0 Å². The Kier molecular flexibility index (Phi) is 6.64. The maximum atomic E-state index is 9.91. The number of nitrogens with zero attached hydrogens (tertiary/aromatic N) is 4. The second-order valence-corrected chi connectivity index (χ2v) is 8.07. The fourth-order valence-corrected chi connectivity index (χ4v) is 3.60. The number of benzene rings is 1. The first kappa shape index (κ1) is 21.5.